The number of aryl methyl sites for hydroxylation is 1. The lowest BCUT2D eigenvalue weighted by atomic mass is 9.96. The second-order valence-corrected chi connectivity index (χ2v) is 5.78. The molecule has 1 atom stereocenters. The van der Waals surface area contributed by atoms with Crippen LogP contribution in [0.15, 0.2) is 24.3 Å². The number of hydrogen-bond acceptors (Lipinski definition) is 3. The third kappa shape index (κ3) is 4.83. The summed E-state index contributed by atoms with van der Waals surface area (Å²) in [5.41, 5.74) is 2.68. The summed E-state index contributed by atoms with van der Waals surface area (Å²) in [6.45, 7) is 6.20. The summed E-state index contributed by atoms with van der Waals surface area (Å²) in [5, 5.41) is 2.96. The van der Waals surface area contributed by atoms with Gasteiger partial charge in [-0.25, -0.2) is 0 Å². The van der Waals surface area contributed by atoms with Crippen LogP contribution >= 0.6 is 0 Å². The molecule has 1 unspecified atom stereocenters. The van der Waals surface area contributed by atoms with Crippen molar-refractivity contribution in [3.8, 4) is 0 Å². The predicted octanol–water partition coefficient (Wildman–Crippen LogP) is 1.97. The summed E-state index contributed by atoms with van der Waals surface area (Å²) in [6.07, 6.45) is 2.08. The van der Waals surface area contributed by atoms with Crippen LogP contribution in [0.25, 0.3) is 0 Å². The Labute approximate surface area is 127 Å². The van der Waals surface area contributed by atoms with Gasteiger partial charge in [-0.15, -0.1) is 0 Å². The van der Waals surface area contributed by atoms with E-state index in [2.05, 4.69) is 41.4 Å². The van der Waals surface area contributed by atoms with E-state index in [1.807, 2.05) is 0 Å². The van der Waals surface area contributed by atoms with Crippen molar-refractivity contribution in [2.45, 2.75) is 26.3 Å². The van der Waals surface area contributed by atoms with Crippen LogP contribution in [-0.2, 0) is 16.1 Å². The van der Waals surface area contributed by atoms with Gasteiger partial charge in [0.15, 0.2) is 0 Å². The molecule has 1 aliphatic rings. The van der Waals surface area contributed by atoms with Crippen LogP contribution in [0.2, 0.25) is 0 Å². The molecular weight excluding hydrogens is 264 g/mol. The molecule has 1 aromatic rings. The van der Waals surface area contributed by atoms with Crippen molar-refractivity contribution in [1.29, 1.82) is 0 Å². The number of carbonyl (C=O) groups excluding carboxylic acids is 1. The molecule has 1 N–H and O–H groups in total. The van der Waals surface area contributed by atoms with Gasteiger partial charge in [-0.1, -0.05) is 24.3 Å². The summed E-state index contributed by atoms with van der Waals surface area (Å²) in [5.74, 6) is 0.279. The molecule has 0 bridgehead atoms. The van der Waals surface area contributed by atoms with Gasteiger partial charge < -0.3 is 10.1 Å². The van der Waals surface area contributed by atoms with Crippen LogP contribution < -0.4 is 5.32 Å². The van der Waals surface area contributed by atoms with Crippen LogP contribution in [0.1, 0.15) is 24.0 Å². The monoisotopic (exact) mass is 290 g/mol. The first kappa shape index (κ1) is 16.0. The third-order valence-corrected chi connectivity index (χ3v) is 4.14. The molecule has 1 heterocycles. The minimum absolute atomic E-state index is 0.111. The van der Waals surface area contributed by atoms with Gasteiger partial charge in [0.05, 0.1) is 12.5 Å². The maximum atomic E-state index is 12.1. The summed E-state index contributed by atoms with van der Waals surface area (Å²) in [7, 11) is 1.65. The van der Waals surface area contributed by atoms with E-state index in [0.717, 1.165) is 32.5 Å². The number of ether oxygens (including phenoxy) is 1. The van der Waals surface area contributed by atoms with Gasteiger partial charge in [-0.2, -0.15) is 0 Å². The second-order valence-electron chi connectivity index (χ2n) is 5.78. The Morgan fingerprint density at radius 2 is 2.24 bits per heavy atom. The zero-order valence-electron chi connectivity index (χ0n) is 13.1. The molecule has 0 aliphatic carbocycles. The third-order valence-electron chi connectivity index (χ3n) is 4.14. The van der Waals surface area contributed by atoms with Crippen LogP contribution in [-0.4, -0.2) is 44.2 Å². The fraction of sp³-hybridized carbons (Fsp3) is 0.588. The first-order chi connectivity index (χ1) is 10.2. The summed E-state index contributed by atoms with van der Waals surface area (Å²) in [4.78, 5) is 14.5. The second kappa shape index (κ2) is 8.15. The van der Waals surface area contributed by atoms with E-state index < -0.39 is 0 Å². The predicted molar refractivity (Wildman–Crippen MR) is 84.1 cm³/mol. The van der Waals surface area contributed by atoms with Gasteiger partial charge in [0, 0.05) is 26.7 Å². The van der Waals surface area contributed by atoms with Crippen molar-refractivity contribution >= 4 is 5.91 Å². The number of carbonyl (C=O) groups is 1. The van der Waals surface area contributed by atoms with Crippen LogP contribution in [0.4, 0.5) is 0 Å². The fourth-order valence-corrected chi connectivity index (χ4v) is 2.86. The van der Waals surface area contributed by atoms with Crippen molar-refractivity contribution in [2.24, 2.45) is 5.92 Å². The van der Waals surface area contributed by atoms with Crippen LogP contribution in [0, 0.1) is 12.8 Å². The van der Waals surface area contributed by atoms with Gasteiger partial charge in [0.2, 0.25) is 5.91 Å². The standard InChI is InChI=1S/C17H26N2O2/c1-14-6-3-4-7-15(14)12-19-10-5-8-16(13-19)17(20)18-9-11-21-2/h3-4,6-7,16H,5,8-13H2,1-2H3,(H,18,20). The molecule has 1 aliphatic heterocycles. The molecule has 0 saturated carbocycles. The van der Waals surface area contributed by atoms with E-state index in [1.54, 1.807) is 7.11 Å². The molecule has 1 amide bonds. The Morgan fingerprint density at radius 3 is 3.00 bits per heavy atom. The van der Waals surface area contributed by atoms with Crippen molar-refractivity contribution in [1.82, 2.24) is 10.2 Å². The Balaban J connectivity index is 1.86. The number of methoxy groups -OCH3 is 1. The van der Waals surface area contributed by atoms with Crippen LogP contribution in [0.3, 0.4) is 0 Å². The Kier molecular flexibility index (Phi) is 6.21. The zero-order valence-corrected chi connectivity index (χ0v) is 13.1. The molecule has 4 heteroatoms. The lowest BCUT2D eigenvalue weighted by Gasteiger charge is -2.32. The SMILES string of the molecule is COCCNC(=O)C1CCCN(Cc2ccccc2C)C1. The molecule has 1 aromatic carbocycles. The van der Waals surface area contributed by atoms with E-state index in [9.17, 15) is 4.79 Å². The van der Waals surface area contributed by atoms with Crippen molar-refractivity contribution in [3.63, 3.8) is 0 Å². The molecule has 0 aromatic heterocycles. The highest BCUT2D eigenvalue weighted by Gasteiger charge is 2.25. The van der Waals surface area contributed by atoms with Gasteiger partial charge in [-0.3, -0.25) is 9.69 Å². The highest BCUT2D eigenvalue weighted by molar-refractivity contribution is 5.78. The highest BCUT2D eigenvalue weighted by Crippen LogP contribution is 2.20. The first-order valence-corrected chi connectivity index (χ1v) is 7.74. The minimum Gasteiger partial charge on any atom is -0.383 e. The highest BCUT2D eigenvalue weighted by atomic mass is 16.5. The van der Waals surface area contributed by atoms with Gasteiger partial charge in [-0.05, 0) is 37.4 Å². The number of likely N-dealkylation sites (tertiary alicyclic amines) is 1. The molecule has 2 rings (SSSR count). The molecule has 0 radical (unpaired) electrons. The topological polar surface area (TPSA) is 41.6 Å². The number of benzene rings is 1. The van der Waals surface area contributed by atoms with Crippen molar-refractivity contribution in [3.05, 3.63) is 35.4 Å². The minimum atomic E-state index is 0.111. The van der Waals surface area contributed by atoms with Gasteiger partial charge in [0.1, 0.15) is 0 Å². The first-order valence-electron chi connectivity index (χ1n) is 7.74. The van der Waals surface area contributed by atoms with Crippen molar-refractivity contribution < 1.29 is 9.53 Å². The van der Waals surface area contributed by atoms with E-state index in [4.69, 9.17) is 4.74 Å². The van der Waals surface area contributed by atoms with Crippen molar-refractivity contribution in [2.75, 3.05) is 33.4 Å². The van der Waals surface area contributed by atoms with Gasteiger partial charge in [0.25, 0.3) is 0 Å². The molecule has 4 nitrogen and oxygen atoms in total. The molecule has 1 saturated heterocycles. The fourth-order valence-electron chi connectivity index (χ4n) is 2.86. The number of piperidine rings is 1. The zero-order chi connectivity index (χ0) is 15.1. The molecule has 0 spiro atoms. The maximum Gasteiger partial charge on any atom is 0.224 e. The number of rotatable bonds is 6. The van der Waals surface area contributed by atoms with E-state index in [1.165, 1.54) is 11.1 Å². The van der Waals surface area contributed by atoms with Crippen LogP contribution in [0.5, 0.6) is 0 Å². The Bertz CT molecular complexity index is 462. The molecule has 21 heavy (non-hydrogen) atoms. The Morgan fingerprint density at radius 1 is 1.43 bits per heavy atom. The summed E-state index contributed by atoms with van der Waals surface area (Å²) < 4.78 is 4.97. The van der Waals surface area contributed by atoms with E-state index in [-0.39, 0.29) is 11.8 Å². The lowest BCUT2D eigenvalue weighted by molar-refractivity contribution is -0.127. The molecule has 116 valence electrons. The normalized spacial score (nSPS) is 19.4. The largest absolute Gasteiger partial charge is 0.383 e. The van der Waals surface area contributed by atoms with E-state index in [0.29, 0.717) is 13.2 Å². The summed E-state index contributed by atoms with van der Waals surface area (Å²) >= 11 is 0. The maximum absolute atomic E-state index is 12.1. The number of nitrogens with one attached hydrogen (secondary N) is 1. The number of hydrogen-bond donors (Lipinski definition) is 1. The molecule has 1 fully saturated rings. The lowest BCUT2D eigenvalue weighted by Crippen LogP contribution is -2.43. The number of amides is 1. The quantitative estimate of drug-likeness (QED) is 0.815. The average Bonchev–Trinajstić information content (AvgIpc) is 2.50. The number of nitrogens with zero attached hydrogens (tertiary/aromatic N) is 1. The molecular formula is C17H26N2O2. The smallest absolute Gasteiger partial charge is 0.224 e. The van der Waals surface area contributed by atoms with Gasteiger partial charge >= 0.3 is 0 Å². The van der Waals surface area contributed by atoms with E-state index >= 15 is 0 Å². The summed E-state index contributed by atoms with van der Waals surface area (Å²) in [6, 6.07) is 8.48. The average molecular weight is 290 g/mol. The Hall–Kier alpha value is -1.39.